The van der Waals surface area contributed by atoms with E-state index in [1.165, 1.54) is 19.1 Å². The predicted octanol–water partition coefficient (Wildman–Crippen LogP) is 6.06. The standard InChI is InChI=1S/C29H27FN2O3/c1-17-4-13-24-26(14-17)32(18(2)33)29(20-5-9-22(30)10-6-20)28-25(31-24)15-21(16-27(28)34)19-7-11-23(35-3)12-8-19/h4-14,21,29,31H,15-16H2,1-3H3/t21-,29-/m1/s1. The Morgan fingerprint density at radius 3 is 2.34 bits per heavy atom. The molecule has 0 saturated heterocycles. The van der Waals surface area contributed by atoms with Crippen molar-refractivity contribution in [2.45, 2.75) is 38.6 Å². The Kier molecular flexibility index (Phi) is 5.89. The van der Waals surface area contributed by atoms with Crippen LogP contribution in [0.1, 0.15) is 48.4 Å². The Labute approximate surface area is 204 Å². The van der Waals surface area contributed by atoms with Crippen LogP contribution >= 0.6 is 0 Å². The number of amides is 1. The Morgan fingerprint density at radius 2 is 1.69 bits per heavy atom. The Morgan fingerprint density at radius 1 is 1.00 bits per heavy atom. The minimum atomic E-state index is -0.650. The van der Waals surface area contributed by atoms with Crippen molar-refractivity contribution >= 4 is 23.1 Å². The fourth-order valence-corrected chi connectivity index (χ4v) is 5.17. The molecule has 1 aliphatic carbocycles. The molecule has 0 aromatic heterocycles. The average Bonchev–Trinajstić information content (AvgIpc) is 2.99. The summed E-state index contributed by atoms with van der Waals surface area (Å²) in [5, 5.41) is 3.50. The lowest BCUT2D eigenvalue weighted by molar-refractivity contribution is -0.117. The topological polar surface area (TPSA) is 58.6 Å². The van der Waals surface area contributed by atoms with E-state index < -0.39 is 6.04 Å². The second kappa shape index (κ2) is 9.02. The number of halogens is 1. The smallest absolute Gasteiger partial charge is 0.224 e. The van der Waals surface area contributed by atoms with Gasteiger partial charge in [-0.05, 0) is 72.4 Å². The maximum absolute atomic E-state index is 13.8. The van der Waals surface area contributed by atoms with Gasteiger partial charge in [0.15, 0.2) is 5.78 Å². The first-order chi connectivity index (χ1) is 16.9. The van der Waals surface area contributed by atoms with Gasteiger partial charge in [-0.3, -0.25) is 14.5 Å². The molecule has 1 aliphatic heterocycles. The first-order valence-corrected chi connectivity index (χ1v) is 11.7. The van der Waals surface area contributed by atoms with E-state index in [0.29, 0.717) is 29.7 Å². The van der Waals surface area contributed by atoms with Crippen LogP contribution in [0.5, 0.6) is 5.75 Å². The fourth-order valence-electron chi connectivity index (χ4n) is 5.17. The molecule has 178 valence electrons. The monoisotopic (exact) mass is 470 g/mol. The van der Waals surface area contributed by atoms with Crippen molar-refractivity contribution in [3.63, 3.8) is 0 Å². The number of hydrogen-bond donors (Lipinski definition) is 1. The van der Waals surface area contributed by atoms with Crippen molar-refractivity contribution < 1.29 is 18.7 Å². The molecular formula is C29H27FN2O3. The minimum absolute atomic E-state index is 0.00806. The van der Waals surface area contributed by atoms with E-state index in [0.717, 1.165) is 28.3 Å². The van der Waals surface area contributed by atoms with Crippen LogP contribution in [-0.2, 0) is 9.59 Å². The molecule has 5 rings (SSSR count). The van der Waals surface area contributed by atoms with Gasteiger partial charge in [0.2, 0.25) is 5.91 Å². The van der Waals surface area contributed by atoms with Crippen LogP contribution in [0.25, 0.3) is 0 Å². The summed E-state index contributed by atoms with van der Waals surface area (Å²) in [6.45, 7) is 3.47. The highest BCUT2D eigenvalue weighted by molar-refractivity contribution is 6.06. The lowest BCUT2D eigenvalue weighted by atomic mass is 9.78. The highest BCUT2D eigenvalue weighted by Crippen LogP contribution is 2.47. The quantitative estimate of drug-likeness (QED) is 0.505. The van der Waals surface area contributed by atoms with Gasteiger partial charge < -0.3 is 10.1 Å². The third-order valence-electron chi connectivity index (χ3n) is 6.85. The number of hydrogen-bond acceptors (Lipinski definition) is 4. The third kappa shape index (κ3) is 4.20. The van der Waals surface area contributed by atoms with E-state index in [-0.39, 0.29) is 23.4 Å². The van der Waals surface area contributed by atoms with Crippen LogP contribution in [0, 0.1) is 12.7 Å². The van der Waals surface area contributed by atoms with Gasteiger partial charge in [0.05, 0.1) is 24.5 Å². The molecule has 1 amide bonds. The molecule has 1 N–H and O–H groups in total. The summed E-state index contributed by atoms with van der Waals surface area (Å²) in [6.07, 6.45) is 0.940. The maximum atomic E-state index is 13.8. The van der Waals surface area contributed by atoms with E-state index in [1.807, 2.05) is 49.4 Å². The van der Waals surface area contributed by atoms with E-state index in [2.05, 4.69) is 5.32 Å². The van der Waals surface area contributed by atoms with Crippen molar-refractivity contribution in [2.24, 2.45) is 0 Å². The number of Topliss-reactive ketones (excluding diaryl/α,β-unsaturated/α-hetero) is 1. The summed E-state index contributed by atoms with van der Waals surface area (Å²) >= 11 is 0. The molecule has 0 saturated carbocycles. The van der Waals surface area contributed by atoms with Gasteiger partial charge in [-0.1, -0.05) is 30.3 Å². The summed E-state index contributed by atoms with van der Waals surface area (Å²) in [7, 11) is 1.63. The Hall–Kier alpha value is -3.93. The molecule has 35 heavy (non-hydrogen) atoms. The lowest BCUT2D eigenvalue weighted by Gasteiger charge is -2.34. The predicted molar refractivity (Wildman–Crippen MR) is 134 cm³/mol. The number of rotatable bonds is 3. The number of ether oxygens (including phenoxy) is 1. The minimum Gasteiger partial charge on any atom is -0.497 e. The third-order valence-corrected chi connectivity index (χ3v) is 6.85. The van der Waals surface area contributed by atoms with Gasteiger partial charge in [-0.25, -0.2) is 4.39 Å². The van der Waals surface area contributed by atoms with Crippen LogP contribution in [0.2, 0.25) is 0 Å². The molecule has 2 atom stereocenters. The van der Waals surface area contributed by atoms with E-state index in [1.54, 1.807) is 24.1 Å². The molecular weight excluding hydrogens is 443 g/mol. The van der Waals surface area contributed by atoms with Crippen molar-refractivity contribution in [1.29, 1.82) is 0 Å². The number of carbonyl (C=O) groups is 2. The summed E-state index contributed by atoms with van der Waals surface area (Å²) in [5.41, 5.74) is 5.58. The summed E-state index contributed by atoms with van der Waals surface area (Å²) in [4.78, 5) is 28.5. The molecule has 5 nitrogen and oxygen atoms in total. The zero-order valence-electron chi connectivity index (χ0n) is 20.0. The number of ketones is 1. The lowest BCUT2D eigenvalue weighted by Crippen LogP contribution is -2.37. The van der Waals surface area contributed by atoms with E-state index in [4.69, 9.17) is 4.74 Å². The molecule has 6 heteroatoms. The van der Waals surface area contributed by atoms with Crippen LogP contribution in [0.4, 0.5) is 15.8 Å². The Balaban J connectivity index is 1.67. The molecule has 1 heterocycles. The number of nitrogens with one attached hydrogen (secondary N) is 1. The van der Waals surface area contributed by atoms with Crippen molar-refractivity contribution in [3.8, 4) is 5.75 Å². The van der Waals surface area contributed by atoms with Crippen molar-refractivity contribution in [3.05, 3.63) is 101 Å². The van der Waals surface area contributed by atoms with Crippen molar-refractivity contribution in [2.75, 3.05) is 17.3 Å². The summed E-state index contributed by atoms with van der Waals surface area (Å²) in [6, 6.07) is 19.1. The van der Waals surface area contributed by atoms with Gasteiger partial charge in [0.25, 0.3) is 0 Å². The largest absolute Gasteiger partial charge is 0.497 e. The average molecular weight is 471 g/mol. The SMILES string of the molecule is COc1ccc([C@H]2CC(=O)C3=C(C2)Nc2ccc(C)cc2N(C(C)=O)[C@@H]3c2ccc(F)cc2)cc1. The second-order valence-corrected chi connectivity index (χ2v) is 9.18. The van der Waals surface area contributed by atoms with Crippen LogP contribution in [0.3, 0.4) is 0 Å². The number of nitrogens with zero attached hydrogens (tertiary/aromatic N) is 1. The molecule has 0 fully saturated rings. The first kappa shape index (κ1) is 22.8. The number of benzene rings is 3. The van der Waals surface area contributed by atoms with Crippen LogP contribution < -0.4 is 15.0 Å². The van der Waals surface area contributed by atoms with Crippen LogP contribution in [-0.4, -0.2) is 18.8 Å². The first-order valence-electron chi connectivity index (χ1n) is 11.7. The molecule has 3 aromatic rings. The Bertz CT molecular complexity index is 1330. The number of allylic oxidation sites excluding steroid dienone is 1. The fraction of sp³-hybridized carbons (Fsp3) is 0.241. The normalized spacial score (nSPS) is 19.4. The van der Waals surface area contributed by atoms with Crippen LogP contribution in [0.15, 0.2) is 78.0 Å². The van der Waals surface area contributed by atoms with Gasteiger partial charge in [-0.2, -0.15) is 0 Å². The van der Waals surface area contributed by atoms with E-state index >= 15 is 0 Å². The molecule has 0 bridgehead atoms. The molecule has 0 unspecified atom stereocenters. The maximum Gasteiger partial charge on any atom is 0.224 e. The number of methoxy groups -OCH3 is 1. The molecule has 0 radical (unpaired) electrons. The van der Waals surface area contributed by atoms with Gasteiger partial charge >= 0.3 is 0 Å². The molecule has 3 aromatic carbocycles. The molecule has 2 aliphatic rings. The summed E-state index contributed by atoms with van der Waals surface area (Å²) < 4.78 is 19.1. The number of carbonyl (C=O) groups excluding carboxylic acids is 2. The number of fused-ring (bicyclic) bond motifs is 1. The van der Waals surface area contributed by atoms with Gasteiger partial charge in [0, 0.05) is 24.6 Å². The number of anilines is 2. The summed E-state index contributed by atoms with van der Waals surface area (Å²) in [5.74, 6) is 0.179. The van der Waals surface area contributed by atoms with Gasteiger partial charge in [-0.15, -0.1) is 0 Å². The highest BCUT2D eigenvalue weighted by atomic mass is 19.1. The van der Waals surface area contributed by atoms with Gasteiger partial charge in [0.1, 0.15) is 11.6 Å². The van der Waals surface area contributed by atoms with E-state index in [9.17, 15) is 14.0 Å². The zero-order chi connectivity index (χ0) is 24.7. The van der Waals surface area contributed by atoms with Crippen molar-refractivity contribution in [1.82, 2.24) is 0 Å². The second-order valence-electron chi connectivity index (χ2n) is 9.18. The number of aryl methyl sites for hydroxylation is 1. The highest BCUT2D eigenvalue weighted by Gasteiger charge is 2.40. The zero-order valence-corrected chi connectivity index (χ0v) is 20.0. The molecule has 0 spiro atoms.